The van der Waals surface area contributed by atoms with Crippen molar-refractivity contribution < 1.29 is 23.5 Å². The number of amides is 1. The lowest BCUT2D eigenvalue weighted by Crippen LogP contribution is -2.55. The number of carbonyl (C=O) groups excluding carboxylic acids is 1. The van der Waals surface area contributed by atoms with Gasteiger partial charge < -0.3 is 10.4 Å². The Balaban J connectivity index is 1.97. The number of benzene rings is 1. The minimum absolute atomic E-state index is 0.0986. The van der Waals surface area contributed by atoms with Crippen molar-refractivity contribution in [1.29, 1.82) is 0 Å². The summed E-state index contributed by atoms with van der Waals surface area (Å²) in [5, 5.41) is 11.5. The summed E-state index contributed by atoms with van der Waals surface area (Å²) < 4.78 is 25.8. The van der Waals surface area contributed by atoms with Crippen LogP contribution in [0.5, 0.6) is 0 Å². The standard InChI is InChI=1S/C14H15F2NO3/c15-10-3-2-9(6-11(10)16)7-12(18)17-14(4-1-5-14)8-13(19)20/h2-3,6H,1,4-5,7-8H2,(H,17,18)(H,19,20). The van der Waals surface area contributed by atoms with Crippen molar-refractivity contribution in [1.82, 2.24) is 5.32 Å². The normalized spacial score (nSPS) is 16.3. The van der Waals surface area contributed by atoms with E-state index >= 15 is 0 Å². The highest BCUT2D eigenvalue weighted by molar-refractivity contribution is 5.80. The maximum atomic E-state index is 13.0. The van der Waals surface area contributed by atoms with Crippen molar-refractivity contribution in [3.63, 3.8) is 0 Å². The van der Waals surface area contributed by atoms with Crippen molar-refractivity contribution in [2.24, 2.45) is 0 Å². The molecule has 2 N–H and O–H groups in total. The van der Waals surface area contributed by atoms with Crippen LogP contribution in [0.1, 0.15) is 31.2 Å². The number of aliphatic carboxylic acids is 1. The first kappa shape index (κ1) is 14.4. The molecule has 0 saturated heterocycles. The van der Waals surface area contributed by atoms with Gasteiger partial charge in [0, 0.05) is 0 Å². The third kappa shape index (κ3) is 3.31. The largest absolute Gasteiger partial charge is 0.481 e. The zero-order valence-electron chi connectivity index (χ0n) is 10.8. The molecule has 0 bridgehead atoms. The number of hydrogen-bond donors (Lipinski definition) is 2. The summed E-state index contributed by atoms with van der Waals surface area (Å²) in [7, 11) is 0. The third-order valence-electron chi connectivity index (χ3n) is 3.55. The van der Waals surface area contributed by atoms with Gasteiger partial charge in [0.15, 0.2) is 11.6 Å². The van der Waals surface area contributed by atoms with Crippen molar-refractivity contribution in [3.8, 4) is 0 Å². The zero-order chi connectivity index (χ0) is 14.8. The molecule has 108 valence electrons. The highest BCUT2D eigenvalue weighted by Crippen LogP contribution is 2.34. The molecule has 0 heterocycles. The topological polar surface area (TPSA) is 66.4 Å². The first-order valence-corrected chi connectivity index (χ1v) is 6.37. The lowest BCUT2D eigenvalue weighted by atomic mass is 9.74. The summed E-state index contributed by atoms with van der Waals surface area (Å²) in [5.74, 6) is -3.30. The van der Waals surface area contributed by atoms with Gasteiger partial charge >= 0.3 is 5.97 Å². The second-order valence-corrected chi connectivity index (χ2v) is 5.18. The monoisotopic (exact) mass is 283 g/mol. The minimum atomic E-state index is -1.00. The van der Waals surface area contributed by atoms with Gasteiger partial charge in [-0.3, -0.25) is 9.59 Å². The molecule has 20 heavy (non-hydrogen) atoms. The van der Waals surface area contributed by atoms with E-state index in [2.05, 4.69) is 5.32 Å². The molecule has 1 amide bonds. The van der Waals surface area contributed by atoms with E-state index < -0.39 is 23.1 Å². The molecule has 0 aliphatic heterocycles. The Hall–Kier alpha value is -1.98. The van der Waals surface area contributed by atoms with Crippen LogP contribution in [0, 0.1) is 11.6 Å². The number of carbonyl (C=O) groups is 2. The van der Waals surface area contributed by atoms with E-state index in [0.717, 1.165) is 18.6 Å². The van der Waals surface area contributed by atoms with E-state index in [1.54, 1.807) is 0 Å². The lowest BCUT2D eigenvalue weighted by molar-refractivity contribution is -0.140. The Morgan fingerprint density at radius 1 is 1.25 bits per heavy atom. The van der Waals surface area contributed by atoms with E-state index in [1.807, 2.05) is 0 Å². The summed E-state index contributed by atoms with van der Waals surface area (Å²) in [6.07, 6.45) is 1.92. The number of carboxylic acids is 1. The molecule has 0 atom stereocenters. The van der Waals surface area contributed by atoms with Crippen LogP contribution in [0.25, 0.3) is 0 Å². The van der Waals surface area contributed by atoms with Crippen molar-refractivity contribution >= 4 is 11.9 Å². The summed E-state index contributed by atoms with van der Waals surface area (Å²) in [4.78, 5) is 22.7. The molecule has 1 aromatic rings. The van der Waals surface area contributed by atoms with E-state index in [0.29, 0.717) is 18.4 Å². The molecule has 4 nitrogen and oxygen atoms in total. The van der Waals surface area contributed by atoms with Gasteiger partial charge in [-0.25, -0.2) is 8.78 Å². The zero-order valence-corrected chi connectivity index (χ0v) is 10.8. The van der Waals surface area contributed by atoms with Crippen LogP contribution in [0.15, 0.2) is 18.2 Å². The SMILES string of the molecule is O=C(O)CC1(NC(=O)Cc2ccc(F)c(F)c2)CCC1. The van der Waals surface area contributed by atoms with E-state index in [-0.39, 0.29) is 18.7 Å². The van der Waals surface area contributed by atoms with Gasteiger partial charge in [0.25, 0.3) is 0 Å². The molecule has 2 rings (SSSR count). The van der Waals surface area contributed by atoms with Crippen LogP contribution in [0.4, 0.5) is 8.78 Å². The summed E-state index contributed by atoms with van der Waals surface area (Å²) in [6.45, 7) is 0. The molecular weight excluding hydrogens is 268 g/mol. The van der Waals surface area contributed by atoms with Crippen molar-refractivity contribution in [3.05, 3.63) is 35.4 Å². The summed E-state index contributed by atoms with van der Waals surface area (Å²) in [6, 6.07) is 3.27. The first-order chi connectivity index (χ1) is 9.40. The summed E-state index contributed by atoms with van der Waals surface area (Å²) >= 11 is 0. The molecule has 1 aliphatic rings. The molecule has 0 radical (unpaired) electrons. The Bertz CT molecular complexity index is 541. The fourth-order valence-corrected chi connectivity index (χ4v) is 2.41. The predicted molar refractivity (Wildman–Crippen MR) is 67.0 cm³/mol. The molecule has 0 unspecified atom stereocenters. The molecule has 6 heteroatoms. The van der Waals surface area contributed by atoms with Gasteiger partial charge in [-0.15, -0.1) is 0 Å². The maximum absolute atomic E-state index is 13.0. The van der Waals surface area contributed by atoms with Crippen LogP contribution in [0.3, 0.4) is 0 Å². The van der Waals surface area contributed by atoms with Gasteiger partial charge in [0.1, 0.15) is 0 Å². The van der Waals surface area contributed by atoms with Gasteiger partial charge in [0.2, 0.25) is 5.91 Å². The predicted octanol–water partition coefficient (Wildman–Crippen LogP) is 2.02. The molecule has 1 saturated carbocycles. The molecule has 1 aromatic carbocycles. The number of nitrogens with one attached hydrogen (secondary N) is 1. The third-order valence-corrected chi connectivity index (χ3v) is 3.55. The Kier molecular flexibility index (Phi) is 4.01. The van der Waals surface area contributed by atoms with Gasteiger partial charge in [-0.1, -0.05) is 6.07 Å². The number of halogens is 2. The maximum Gasteiger partial charge on any atom is 0.305 e. The highest BCUT2D eigenvalue weighted by atomic mass is 19.2. The van der Waals surface area contributed by atoms with Crippen LogP contribution >= 0.6 is 0 Å². The first-order valence-electron chi connectivity index (χ1n) is 6.37. The molecule has 0 spiro atoms. The Morgan fingerprint density at radius 2 is 1.95 bits per heavy atom. The van der Waals surface area contributed by atoms with E-state index in [1.165, 1.54) is 6.07 Å². The van der Waals surface area contributed by atoms with Crippen molar-refractivity contribution in [2.75, 3.05) is 0 Å². The Morgan fingerprint density at radius 3 is 2.45 bits per heavy atom. The quantitative estimate of drug-likeness (QED) is 0.868. The van der Waals surface area contributed by atoms with Crippen LogP contribution in [0.2, 0.25) is 0 Å². The van der Waals surface area contributed by atoms with Gasteiger partial charge in [0.05, 0.1) is 18.4 Å². The van der Waals surface area contributed by atoms with Crippen LogP contribution in [-0.4, -0.2) is 22.5 Å². The average molecular weight is 283 g/mol. The van der Waals surface area contributed by atoms with E-state index in [4.69, 9.17) is 5.11 Å². The molecular formula is C14H15F2NO3. The van der Waals surface area contributed by atoms with E-state index in [9.17, 15) is 18.4 Å². The molecule has 0 aromatic heterocycles. The fraction of sp³-hybridized carbons (Fsp3) is 0.429. The Labute approximate surface area is 114 Å². The fourth-order valence-electron chi connectivity index (χ4n) is 2.41. The van der Waals surface area contributed by atoms with Crippen LogP contribution < -0.4 is 5.32 Å². The number of rotatable bonds is 5. The second-order valence-electron chi connectivity index (χ2n) is 5.18. The highest BCUT2D eigenvalue weighted by Gasteiger charge is 2.40. The van der Waals surface area contributed by atoms with Gasteiger partial charge in [-0.2, -0.15) is 0 Å². The van der Waals surface area contributed by atoms with Gasteiger partial charge in [-0.05, 0) is 37.0 Å². The van der Waals surface area contributed by atoms with Crippen molar-refractivity contribution in [2.45, 2.75) is 37.6 Å². The molecule has 1 aliphatic carbocycles. The number of carboxylic acid groups (broad SMARTS) is 1. The molecule has 1 fully saturated rings. The number of hydrogen-bond acceptors (Lipinski definition) is 2. The van der Waals surface area contributed by atoms with Crippen LogP contribution in [-0.2, 0) is 16.0 Å². The summed E-state index contributed by atoms with van der Waals surface area (Å²) in [5.41, 5.74) is -0.326. The lowest BCUT2D eigenvalue weighted by Gasteiger charge is -2.41. The smallest absolute Gasteiger partial charge is 0.305 e. The second kappa shape index (κ2) is 5.56. The average Bonchev–Trinajstić information content (AvgIpc) is 2.30. The minimum Gasteiger partial charge on any atom is -0.481 e.